The van der Waals surface area contributed by atoms with Crippen LogP contribution in [0, 0.1) is 5.92 Å². The predicted molar refractivity (Wildman–Crippen MR) is 100.0 cm³/mol. The minimum Gasteiger partial charge on any atom is -0.381 e. The third-order valence-corrected chi connectivity index (χ3v) is 4.53. The van der Waals surface area contributed by atoms with Gasteiger partial charge >= 0.3 is 0 Å². The molecule has 1 aliphatic heterocycles. The predicted octanol–water partition coefficient (Wildman–Crippen LogP) is 3.72. The topological polar surface area (TPSA) is 50.1 Å². The first-order valence-corrected chi connectivity index (χ1v) is 8.17. The van der Waals surface area contributed by atoms with Gasteiger partial charge in [0.05, 0.1) is 0 Å². The van der Waals surface area contributed by atoms with Crippen molar-refractivity contribution < 1.29 is 0 Å². The Balaban J connectivity index is 0.00000192. The van der Waals surface area contributed by atoms with Crippen molar-refractivity contribution in [2.75, 3.05) is 18.4 Å². The third kappa shape index (κ3) is 4.96. The van der Waals surface area contributed by atoms with Gasteiger partial charge in [-0.1, -0.05) is 42.5 Å². The highest BCUT2D eigenvalue weighted by Crippen LogP contribution is 2.27. The van der Waals surface area contributed by atoms with E-state index in [4.69, 9.17) is 5.73 Å². The van der Waals surface area contributed by atoms with Gasteiger partial charge in [-0.15, -0.1) is 12.4 Å². The second-order valence-electron chi connectivity index (χ2n) is 6.07. The Labute approximate surface area is 145 Å². The molecule has 0 aliphatic carbocycles. The van der Waals surface area contributed by atoms with Crippen LogP contribution in [0.2, 0.25) is 0 Å². The van der Waals surface area contributed by atoms with E-state index in [1.54, 1.807) is 0 Å². The molecule has 0 aromatic heterocycles. The van der Waals surface area contributed by atoms with Crippen LogP contribution in [0.4, 0.5) is 5.69 Å². The zero-order valence-corrected chi connectivity index (χ0v) is 14.2. The van der Waals surface area contributed by atoms with E-state index in [-0.39, 0.29) is 18.4 Å². The lowest BCUT2D eigenvalue weighted by Crippen LogP contribution is -2.33. The standard InChI is InChI=1S/C19H25N3.ClH/c20-19(17-10-12-21-13-11-17)16-6-8-18(9-7-16)22-14-15-4-2-1-3-5-15;/h1-9,17,19,21-22H,10-14,20H2;1H/t19-;/m0./s1. The lowest BCUT2D eigenvalue weighted by Gasteiger charge is -2.28. The second-order valence-corrected chi connectivity index (χ2v) is 6.07. The van der Waals surface area contributed by atoms with Crippen LogP contribution in [-0.4, -0.2) is 13.1 Å². The zero-order valence-electron chi connectivity index (χ0n) is 13.4. The maximum Gasteiger partial charge on any atom is 0.0400 e. The maximum atomic E-state index is 6.44. The number of hydrogen-bond donors (Lipinski definition) is 3. The number of piperidine rings is 1. The van der Waals surface area contributed by atoms with E-state index in [2.05, 4.69) is 59.2 Å². The molecule has 0 bridgehead atoms. The summed E-state index contributed by atoms with van der Waals surface area (Å²) >= 11 is 0. The first-order chi connectivity index (χ1) is 10.8. The normalized spacial score (nSPS) is 16.4. The van der Waals surface area contributed by atoms with Gasteiger partial charge in [0, 0.05) is 18.3 Å². The van der Waals surface area contributed by atoms with Crippen molar-refractivity contribution in [3.8, 4) is 0 Å². The fourth-order valence-electron chi connectivity index (χ4n) is 3.10. The van der Waals surface area contributed by atoms with Crippen molar-refractivity contribution >= 4 is 18.1 Å². The summed E-state index contributed by atoms with van der Waals surface area (Å²) < 4.78 is 0. The number of hydrogen-bond acceptors (Lipinski definition) is 3. The summed E-state index contributed by atoms with van der Waals surface area (Å²) in [7, 11) is 0. The molecular weight excluding hydrogens is 306 g/mol. The van der Waals surface area contributed by atoms with Crippen LogP contribution in [0.1, 0.15) is 30.0 Å². The highest BCUT2D eigenvalue weighted by Gasteiger charge is 2.21. The first-order valence-electron chi connectivity index (χ1n) is 8.17. The molecule has 1 heterocycles. The fourth-order valence-corrected chi connectivity index (χ4v) is 3.10. The molecule has 1 atom stereocenters. The molecule has 0 radical (unpaired) electrons. The Hall–Kier alpha value is -1.55. The van der Waals surface area contributed by atoms with Crippen LogP contribution in [0.15, 0.2) is 54.6 Å². The number of anilines is 1. The molecule has 4 heteroatoms. The number of benzene rings is 2. The summed E-state index contributed by atoms with van der Waals surface area (Å²) in [6.07, 6.45) is 2.35. The molecule has 3 rings (SSSR count). The monoisotopic (exact) mass is 331 g/mol. The molecule has 1 fully saturated rings. The van der Waals surface area contributed by atoms with E-state index in [1.807, 2.05) is 6.07 Å². The molecule has 1 aliphatic rings. The van der Waals surface area contributed by atoms with Crippen LogP contribution in [-0.2, 0) is 6.54 Å². The molecule has 124 valence electrons. The molecule has 2 aromatic carbocycles. The van der Waals surface area contributed by atoms with E-state index < -0.39 is 0 Å². The maximum absolute atomic E-state index is 6.44. The van der Waals surface area contributed by atoms with Gasteiger partial charge in [0.25, 0.3) is 0 Å². The van der Waals surface area contributed by atoms with Gasteiger partial charge in [-0.05, 0) is 55.1 Å². The Bertz CT molecular complexity index is 565. The van der Waals surface area contributed by atoms with Crippen molar-refractivity contribution in [2.45, 2.75) is 25.4 Å². The van der Waals surface area contributed by atoms with Gasteiger partial charge in [0.2, 0.25) is 0 Å². The van der Waals surface area contributed by atoms with Crippen LogP contribution < -0.4 is 16.4 Å². The van der Waals surface area contributed by atoms with E-state index >= 15 is 0 Å². The van der Waals surface area contributed by atoms with Crippen molar-refractivity contribution in [3.05, 3.63) is 65.7 Å². The van der Waals surface area contributed by atoms with E-state index in [1.165, 1.54) is 24.0 Å². The van der Waals surface area contributed by atoms with Crippen molar-refractivity contribution in [3.63, 3.8) is 0 Å². The van der Waals surface area contributed by atoms with Gasteiger partial charge in [-0.2, -0.15) is 0 Å². The van der Waals surface area contributed by atoms with Crippen molar-refractivity contribution in [2.24, 2.45) is 11.7 Å². The van der Waals surface area contributed by atoms with Gasteiger partial charge in [0.15, 0.2) is 0 Å². The van der Waals surface area contributed by atoms with Crippen molar-refractivity contribution in [1.29, 1.82) is 0 Å². The molecule has 0 amide bonds. The highest BCUT2D eigenvalue weighted by molar-refractivity contribution is 5.85. The Kier molecular flexibility index (Phi) is 6.90. The minimum atomic E-state index is 0. The van der Waals surface area contributed by atoms with E-state index in [0.717, 1.165) is 25.3 Å². The number of rotatable bonds is 5. The van der Waals surface area contributed by atoms with Crippen LogP contribution in [0.3, 0.4) is 0 Å². The fraction of sp³-hybridized carbons (Fsp3) is 0.368. The van der Waals surface area contributed by atoms with Crippen LogP contribution in [0.5, 0.6) is 0 Å². The Morgan fingerprint density at radius 2 is 1.65 bits per heavy atom. The molecule has 2 aromatic rings. The largest absolute Gasteiger partial charge is 0.381 e. The summed E-state index contributed by atoms with van der Waals surface area (Å²) in [5.41, 5.74) is 10.1. The average Bonchev–Trinajstić information content (AvgIpc) is 2.61. The number of nitrogens with one attached hydrogen (secondary N) is 2. The van der Waals surface area contributed by atoms with E-state index in [9.17, 15) is 0 Å². The van der Waals surface area contributed by atoms with Gasteiger partial charge in [-0.3, -0.25) is 0 Å². The van der Waals surface area contributed by atoms with E-state index in [0.29, 0.717) is 5.92 Å². The summed E-state index contributed by atoms with van der Waals surface area (Å²) in [6, 6.07) is 19.2. The number of nitrogens with two attached hydrogens (primary N) is 1. The van der Waals surface area contributed by atoms with Gasteiger partial charge in [-0.25, -0.2) is 0 Å². The van der Waals surface area contributed by atoms with Crippen LogP contribution in [0.25, 0.3) is 0 Å². The average molecular weight is 332 g/mol. The summed E-state index contributed by atoms with van der Waals surface area (Å²) in [5, 5.41) is 6.85. The minimum absolute atomic E-state index is 0. The highest BCUT2D eigenvalue weighted by atomic mass is 35.5. The zero-order chi connectivity index (χ0) is 15.2. The third-order valence-electron chi connectivity index (χ3n) is 4.53. The quantitative estimate of drug-likeness (QED) is 0.782. The molecule has 23 heavy (non-hydrogen) atoms. The lowest BCUT2D eigenvalue weighted by atomic mass is 9.86. The first kappa shape index (κ1) is 17.8. The molecule has 0 unspecified atom stereocenters. The van der Waals surface area contributed by atoms with Gasteiger partial charge < -0.3 is 16.4 Å². The number of halogens is 1. The SMILES string of the molecule is Cl.N[C@@H](c1ccc(NCc2ccccc2)cc1)C1CCNCC1. The summed E-state index contributed by atoms with van der Waals surface area (Å²) in [4.78, 5) is 0. The molecule has 1 saturated heterocycles. The molecule has 4 N–H and O–H groups in total. The van der Waals surface area contributed by atoms with Crippen molar-refractivity contribution in [1.82, 2.24) is 5.32 Å². The molecule has 0 saturated carbocycles. The van der Waals surface area contributed by atoms with Crippen LogP contribution >= 0.6 is 12.4 Å². The Morgan fingerprint density at radius 1 is 1.00 bits per heavy atom. The molecule has 0 spiro atoms. The lowest BCUT2D eigenvalue weighted by molar-refractivity contribution is 0.322. The second kappa shape index (κ2) is 8.92. The molecule has 3 nitrogen and oxygen atoms in total. The Morgan fingerprint density at radius 3 is 2.30 bits per heavy atom. The summed E-state index contributed by atoms with van der Waals surface area (Å²) in [6.45, 7) is 3.03. The molecular formula is C19H26ClN3. The summed E-state index contributed by atoms with van der Waals surface area (Å²) in [5.74, 6) is 0.601. The smallest absolute Gasteiger partial charge is 0.0400 e. The van der Waals surface area contributed by atoms with Gasteiger partial charge in [0.1, 0.15) is 0 Å².